The lowest BCUT2D eigenvalue weighted by atomic mass is 9.74. The topological polar surface area (TPSA) is 23.8 Å². The van der Waals surface area contributed by atoms with Gasteiger partial charge in [0.15, 0.2) is 0 Å². The van der Waals surface area contributed by atoms with Crippen molar-refractivity contribution < 1.29 is 0 Å². The minimum atomic E-state index is 0.659. The standard InChI is InChI=1S/C23H27N/c1-17(2)15-22-5-3-4-6-23(22)21-13-11-20(12-14-21)19-9-7-18(16-24)8-10-19/h3-10,17,20-21H,11-15H2,1-2H3/t20-,21-. The van der Waals surface area contributed by atoms with Gasteiger partial charge in [-0.2, -0.15) is 5.26 Å². The number of hydrogen-bond donors (Lipinski definition) is 0. The molecule has 1 fully saturated rings. The maximum Gasteiger partial charge on any atom is 0.0991 e. The molecule has 0 unspecified atom stereocenters. The van der Waals surface area contributed by atoms with Crippen molar-refractivity contribution in [3.05, 3.63) is 70.8 Å². The van der Waals surface area contributed by atoms with Gasteiger partial charge in [0.25, 0.3) is 0 Å². The Morgan fingerprint density at radius 1 is 0.917 bits per heavy atom. The number of rotatable bonds is 4. The van der Waals surface area contributed by atoms with Crippen LogP contribution in [-0.2, 0) is 6.42 Å². The summed E-state index contributed by atoms with van der Waals surface area (Å²) in [5.74, 6) is 2.09. The lowest BCUT2D eigenvalue weighted by Crippen LogP contribution is -2.14. The summed E-state index contributed by atoms with van der Waals surface area (Å²) in [4.78, 5) is 0. The van der Waals surface area contributed by atoms with Gasteiger partial charge in [0.2, 0.25) is 0 Å². The Bertz CT molecular complexity index is 698. The monoisotopic (exact) mass is 317 g/mol. The summed E-state index contributed by atoms with van der Waals surface area (Å²) < 4.78 is 0. The molecule has 1 aliphatic rings. The fourth-order valence-corrected chi connectivity index (χ4v) is 4.13. The number of nitrogens with zero attached hydrogens (tertiary/aromatic N) is 1. The molecule has 0 saturated heterocycles. The van der Waals surface area contributed by atoms with Crippen molar-refractivity contribution in [2.24, 2.45) is 5.92 Å². The van der Waals surface area contributed by atoms with Crippen LogP contribution in [0.3, 0.4) is 0 Å². The smallest absolute Gasteiger partial charge is 0.0991 e. The molecule has 3 rings (SSSR count). The SMILES string of the molecule is CC(C)Cc1ccccc1[C@H]1CC[C@H](c2ccc(C#N)cc2)CC1. The largest absolute Gasteiger partial charge is 0.192 e. The van der Waals surface area contributed by atoms with Crippen LogP contribution < -0.4 is 0 Å². The second kappa shape index (κ2) is 7.67. The molecule has 1 nitrogen and oxygen atoms in total. The lowest BCUT2D eigenvalue weighted by molar-refractivity contribution is 0.394. The highest BCUT2D eigenvalue weighted by molar-refractivity contribution is 5.34. The minimum Gasteiger partial charge on any atom is -0.192 e. The molecule has 2 aromatic carbocycles. The normalized spacial score (nSPS) is 20.8. The number of hydrogen-bond acceptors (Lipinski definition) is 1. The highest BCUT2D eigenvalue weighted by Gasteiger charge is 2.24. The van der Waals surface area contributed by atoms with E-state index < -0.39 is 0 Å². The summed E-state index contributed by atoms with van der Waals surface area (Å²) in [6, 6.07) is 19.5. The van der Waals surface area contributed by atoms with Crippen molar-refractivity contribution in [2.45, 2.75) is 57.8 Å². The van der Waals surface area contributed by atoms with E-state index in [-0.39, 0.29) is 0 Å². The quantitative estimate of drug-likeness (QED) is 0.658. The van der Waals surface area contributed by atoms with Crippen LogP contribution in [-0.4, -0.2) is 0 Å². The Balaban J connectivity index is 1.68. The van der Waals surface area contributed by atoms with Crippen LogP contribution in [0.5, 0.6) is 0 Å². The van der Waals surface area contributed by atoms with Gasteiger partial charge in [0, 0.05) is 0 Å². The molecule has 0 amide bonds. The van der Waals surface area contributed by atoms with Gasteiger partial charge in [-0.25, -0.2) is 0 Å². The summed E-state index contributed by atoms with van der Waals surface area (Å²) in [7, 11) is 0. The van der Waals surface area contributed by atoms with E-state index in [0.29, 0.717) is 11.8 Å². The average molecular weight is 317 g/mol. The molecule has 24 heavy (non-hydrogen) atoms. The van der Waals surface area contributed by atoms with Gasteiger partial charge >= 0.3 is 0 Å². The molecule has 124 valence electrons. The predicted molar refractivity (Wildman–Crippen MR) is 100 cm³/mol. The second-order valence-corrected chi connectivity index (χ2v) is 7.58. The van der Waals surface area contributed by atoms with Crippen LogP contribution in [0, 0.1) is 17.2 Å². The van der Waals surface area contributed by atoms with E-state index in [0.717, 1.165) is 11.5 Å². The van der Waals surface area contributed by atoms with E-state index in [1.54, 1.807) is 11.1 Å². The molecular weight excluding hydrogens is 290 g/mol. The molecule has 0 atom stereocenters. The fourth-order valence-electron chi connectivity index (χ4n) is 4.13. The highest BCUT2D eigenvalue weighted by atomic mass is 14.3. The molecule has 0 aromatic heterocycles. The van der Waals surface area contributed by atoms with Crippen molar-refractivity contribution >= 4 is 0 Å². The van der Waals surface area contributed by atoms with Crippen LogP contribution >= 0.6 is 0 Å². The first-order valence-electron chi connectivity index (χ1n) is 9.25. The van der Waals surface area contributed by atoms with Crippen molar-refractivity contribution in [2.75, 3.05) is 0 Å². The van der Waals surface area contributed by atoms with E-state index in [4.69, 9.17) is 5.26 Å². The summed E-state index contributed by atoms with van der Waals surface area (Å²) >= 11 is 0. The van der Waals surface area contributed by atoms with Crippen molar-refractivity contribution in [1.82, 2.24) is 0 Å². The van der Waals surface area contributed by atoms with Crippen LogP contribution in [0.2, 0.25) is 0 Å². The fraction of sp³-hybridized carbons (Fsp3) is 0.435. The van der Waals surface area contributed by atoms with Gasteiger partial charge in [0.05, 0.1) is 11.6 Å². The first-order valence-corrected chi connectivity index (χ1v) is 9.25. The van der Waals surface area contributed by atoms with Crippen LogP contribution in [0.25, 0.3) is 0 Å². The molecule has 0 aliphatic heterocycles. The zero-order valence-corrected chi connectivity index (χ0v) is 14.8. The molecule has 0 N–H and O–H groups in total. The molecule has 0 spiro atoms. The zero-order valence-electron chi connectivity index (χ0n) is 14.8. The van der Waals surface area contributed by atoms with Gasteiger partial charge < -0.3 is 0 Å². The lowest BCUT2D eigenvalue weighted by Gasteiger charge is -2.30. The highest BCUT2D eigenvalue weighted by Crippen LogP contribution is 2.41. The van der Waals surface area contributed by atoms with Gasteiger partial charge in [-0.3, -0.25) is 0 Å². The summed E-state index contributed by atoms with van der Waals surface area (Å²) in [6.07, 6.45) is 6.25. The Kier molecular flexibility index (Phi) is 5.36. The predicted octanol–water partition coefficient (Wildman–Crippen LogP) is 6.20. The molecule has 0 heterocycles. The Morgan fingerprint density at radius 3 is 2.17 bits per heavy atom. The molecule has 0 radical (unpaired) electrons. The van der Waals surface area contributed by atoms with E-state index in [1.165, 1.54) is 37.7 Å². The summed E-state index contributed by atoms with van der Waals surface area (Å²) in [5.41, 5.74) is 5.30. The third kappa shape index (κ3) is 3.88. The zero-order chi connectivity index (χ0) is 16.9. The van der Waals surface area contributed by atoms with Crippen molar-refractivity contribution in [3.63, 3.8) is 0 Å². The van der Waals surface area contributed by atoms with Crippen LogP contribution in [0.1, 0.15) is 73.6 Å². The van der Waals surface area contributed by atoms with Gasteiger partial charge in [-0.15, -0.1) is 0 Å². The van der Waals surface area contributed by atoms with E-state index >= 15 is 0 Å². The summed E-state index contributed by atoms with van der Waals surface area (Å²) in [5, 5.41) is 8.94. The first-order chi connectivity index (χ1) is 11.7. The van der Waals surface area contributed by atoms with Gasteiger partial charge in [-0.1, -0.05) is 50.2 Å². The molecule has 2 aromatic rings. The molecule has 1 saturated carbocycles. The number of benzene rings is 2. The van der Waals surface area contributed by atoms with Gasteiger partial charge in [0.1, 0.15) is 0 Å². The second-order valence-electron chi connectivity index (χ2n) is 7.58. The Morgan fingerprint density at radius 2 is 1.54 bits per heavy atom. The van der Waals surface area contributed by atoms with Crippen molar-refractivity contribution in [1.29, 1.82) is 5.26 Å². The third-order valence-corrected chi connectivity index (χ3v) is 5.36. The molecular formula is C23H27N. The van der Waals surface area contributed by atoms with E-state index in [2.05, 4.69) is 56.3 Å². The maximum absolute atomic E-state index is 8.94. The van der Waals surface area contributed by atoms with Crippen LogP contribution in [0.15, 0.2) is 48.5 Å². The molecule has 1 aliphatic carbocycles. The molecule has 1 heteroatoms. The van der Waals surface area contributed by atoms with Gasteiger partial charge in [-0.05, 0) is 78.7 Å². The van der Waals surface area contributed by atoms with E-state index in [1.807, 2.05) is 12.1 Å². The van der Waals surface area contributed by atoms with Crippen molar-refractivity contribution in [3.8, 4) is 6.07 Å². The third-order valence-electron chi connectivity index (χ3n) is 5.36. The number of nitriles is 1. The average Bonchev–Trinajstić information content (AvgIpc) is 2.62. The maximum atomic E-state index is 8.94. The molecule has 0 bridgehead atoms. The first kappa shape index (κ1) is 16.8. The minimum absolute atomic E-state index is 0.659. The van der Waals surface area contributed by atoms with Crippen LogP contribution in [0.4, 0.5) is 0 Å². The Hall–Kier alpha value is -2.07. The Labute approximate surface area is 146 Å². The summed E-state index contributed by atoms with van der Waals surface area (Å²) in [6.45, 7) is 4.61. The van der Waals surface area contributed by atoms with E-state index in [9.17, 15) is 0 Å².